The highest BCUT2D eigenvalue weighted by atomic mass is 32.1. The van der Waals surface area contributed by atoms with Gasteiger partial charge in [-0.15, -0.1) is 11.3 Å². The highest BCUT2D eigenvalue weighted by Gasteiger charge is 2.30. The van der Waals surface area contributed by atoms with E-state index < -0.39 is 23.6 Å². The lowest BCUT2D eigenvalue weighted by molar-refractivity contribution is -0.141. The van der Waals surface area contributed by atoms with Gasteiger partial charge in [0.15, 0.2) is 0 Å². The van der Waals surface area contributed by atoms with Gasteiger partial charge in [-0.1, -0.05) is 24.3 Å². The number of amides is 1. The Morgan fingerprint density at radius 1 is 1.09 bits per heavy atom. The Morgan fingerprint density at radius 2 is 1.71 bits per heavy atom. The molecular weight excluding hydrogens is 469 g/mol. The van der Waals surface area contributed by atoms with Gasteiger partial charge < -0.3 is 14.7 Å². The number of aliphatic carboxylic acids is 1. The molecule has 0 aliphatic heterocycles. The normalized spacial score (nSPS) is 12.3. The third kappa shape index (κ3) is 6.13. The quantitative estimate of drug-likeness (QED) is 0.458. The van der Waals surface area contributed by atoms with Gasteiger partial charge in [-0.2, -0.15) is 13.2 Å². The fraction of sp³-hybridized carbons (Fsp3) is 0.292. The van der Waals surface area contributed by atoms with E-state index in [4.69, 9.17) is 9.84 Å². The van der Waals surface area contributed by atoms with Crippen LogP contribution in [0.4, 0.5) is 13.2 Å². The van der Waals surface area contributed by atoms with Crippen molar-refractivity contribution >= 4 is 23.2 Å². The van der Waals surface area contributed by atoms with Crippen molar-refractivity contribution in [1.29, 1.82) is 0 Å². The number of carboxylic acids is 1. The number of carbonyl (C=O) groups excluding carboxylic acids is 1. The SMILES string of the molecule is Cc1nc(-c2ccc(C(F)(F)F)cc2)sc1COc1ccc(C(CC(=O)O)C(=O)N(C)C)cc1. The summed E-state index contributed by atoms with van der Waals surface area (Å²) >= 11 is 1.33. The lowest BCUT2D eigenvalue weighted by Gasteiger charge is -2.19. The lowest BCUT2D eigenvalue weighted by atomic mass is 9.94. The third-order valence-corrected chi connectivity index (χ3v) is 6.30. The molecule has 3 rings (SSSR count). The van der Waals surface area contributed by atoms with Crippen molar-refractivity contribution in [2.24, 2.45) is 0 Å². The van der Waals surface area contributed by atoms with Crippen molar-refractivity contribution in [3.05, 3.63) is 70.2 Å². The highest BCUT2D eigenvalue weighted by Crippen LogP contribution is 2.33. The molecule has 3 aromatic rings. The predicted octanol–water partition coefficient (Wildman–Crippen LogP) is 5.36. The molecule has 180 valence electrons. The average Bonchev–Trinajstić information content (AvgIpc) is 3.16. The summed E-state index contributed by atoms with van der Waals surface area (Å²) in [6, 6.07) is 11.5. The Morgan fingerprint density at radius 3 is 2.24 bits per heavy atom. The number of alkyl halides is 3. The molecule has 34 heavy (non-hydrogen) atoms. The van der Waals surface area contributed by atoms with E-state index >= 15 is 0 Å². The molecule has 0 aliphatic carbocycles. The van der Waals surface area contributed by atoms with E-state index in [0.29, 0.717) is 21.9 Å². The van der Waals surface area contributed by atoms with Gasteiger partial charge in [0.1, 0.15) is 17.4 Å². The summed E-state index contributed by atoms with van der Waals surface area (Å²) in [5, 5.41) is 9.75. The number of carboxylic acid groups (broad SMARTS) is 1. The number of thiazole rings is 1. The van der Waals surface area contributed by atoms with E-state index in [1.54, 1.807) is 45.3 Å². The number of hydrogen-bond acceptors (Lipinski definition) is 5. The van der Waals surface area contributed by atoms with Crippen LogP contribution in [0.3, 0.4) is 0 Å². The van der Waals surface area contributed by atoms with E-state index in [0.717, 1.165) is 22.7 Å². The van der Waals surface area contributed by atoms with Crippen molar-refractivity contribution in [2.75, 3.05) is 14.1 Å². The molecule has 0 radical (unpaired) electrons. The number of carbonyl (C=O) groups is 2. The van der Waals surface area contributed by atoms with Crippen LogP contribution >= 0.6 is 11.3 Å². The van der Waals surface area contributed by atoms with Crippen molar-refractivity contribution in [3.63, 3.8) is 0 Å². The summed E-state index contributed by atoms with van der Waals surface area (Å²) in [5.74, 6) is -1.63. The second kappa shape index (κ2) is 10.3. The number of nitrogens with zero attached hydrogens (tertiary/aromatic N) is 2. The smallest absolute Gasteiger partial charge is 0.416 e. The molecule has 1 N–H and O–H groups in total. The van der Waals surface area contributed by atoms with E-state index in [9.17, 15) is 22.8 Å². The topological polar surface area (TPSA) is 79.7 Å². The summed E-state index contributed by atoms with van der Waals surface area (Å²) in [5.41, 5.74) is 1.17. The second-order valence-electron chi connectivity index (χ2n) is 7.84. The second-order valence-corrected chi connectivity index (χ2v) is 8.93. The zero-order valence-electron chi connectivity index (χ0n) is 18.7. The summed E-state index contributed by atoms with van der Waals surface area (Å²) in [6.07, 6.45) is -4.71. The maximum Gasteiger partial charge on any atom is 0.416 e. The van der Waals surface area contributed by atoms with Crippen molar-refractivity contribution < 1.29 is 32.6 Å². The molecule has 10 heteroatoms. The first-order chi connectivity index (χ1) is 16.0. The Bertz CT molecular complexity index is 1160. The Hall–Kier alpha value is -3.40. The number of hydrogen-bond donors (Lipinski definition) is 1. The fourth-order valence-electron chi connectivity index (χ4n) is 3.27. The van der Waals surface area contributed by atoms with Crippen LogP contribution < -0.4 is 4.74 Å². The van der Waals surface area contributed by atoms with Crippen LogP contribution in [0, 0.1) is 6.92 Å². The molecule has 0 saturated carbocycles. The maximum atomic E-state index is 12.8. The van der Waals surface area contributed by atoms with Crippen molar-refractivity contribution in [1.82, 2.24) is 9.88 Å². The molecule has 6 nitrogen and oxygen atoms in total. The van der Waals surface area contributed by atoms with Gasteiger partial charge in [-0.25, -0.2) is 4.98 Å². The molecule has 1 heterocycles. The Kier molecular flexibility index (Phi) is 7.61. The molecule has 0 fully saturated rings. The van der Waals surface area contributed by atoms with Crippen LogP contribution in [0.1, 0.15) is 34.0 Å². The molecule has 0 bridgehead atoms. The first-order valence-electron chi connectivity index (χ1n) is 10.3. The van der Waals surface area contributed by atoms with E-state index in [2.05, 4.69) is 4.98 Å². The summed E-state index contributed by atoms with van der Waals surface area (Å²) in [7, 11) is 3.15. The first kappa shape index (κ1) is 25.2. The minimum Gasteiger partial charge on any atom is -0.488 e. The number of halogens is 3. The van der Waals surface area contributed by atoms with Gasteiger partial charge in [0, 0.05) is 19.7 Å². The predicted molar refractivity (Wildman–Crippen MR) is 122 cm³/mol. The number of rotatable bonds is 8. The standard InChI is InChI=1S/C24H23F3N2O4S/c1-14-20(34-22(28-14)16-4-8-17(9-5-16)24(25,26)27)13-33-18-10-6-15(7-11-18)19(12-21(30)31)23(32)29(2)3/h4-11,19H,12-13H2,1-3H3,(H,30,31). The van der Waals surface area contributed by atoms with Crippen molar-refractivity contribution in [3.8, 4) is 16.3 Å². The van der Waals surface area contributed by atoms with E-state index in [1.165, 1.54) is 28.4 Å². The number of aromatic nitrogens is 1. The maximum absolute atomic E-state index is 12.8. The lowest BCUT2D eigenvalue weighted by Crippen LogP contribution is -2.29. The summed E-state index contributed by atoms with van der Waals surface area (Å²) in [6.45, 7) is 2.01. The van der Waals surface area contributed by atoms with Crippen LogP contribution in [-0.4, -0.2) is 41.0 Å². The molecule has 0 saturated heterocycles. The van der Waals surface area contributed by atoms with Gasteiger partial charge in [0.25, 0.3) is 0 Å². The molecule has 1 atom stereocenters. The average molecular weight is 493 g/mol. The first-order valence-corrected chi connectivity index (χ1v) is 11.1. The molecular formula is C24H23F3N2O4S. The zero-order valence-corrected chi connectivity index (χ0v) is 19.5. The molecule has 0 spiro atoms. The van der Waals surface area contributed by atoms with E-state index in [-0.39, 0.29) is 18.9 Å². The molecule has 1 aromatic heterocycles. The summed E-state index contributed by atoms with van der Waals surface area (Å²) in [4.78, 5) is 30.2. The van der Waals surface area contributed by atoms with Gasteiger partial charge in [0.05, 0.1) is 28.5 Å². The van der Waals surface area contributed by atoms with Gasteiger partial charge >= 0.3 is 12.1 Å². The van der Waals surface area contributed by atoms with Gasteiger partial charge in [0.2, 0.25) is 5.91 Å². The van der Waals surface area contributed by atoms with Crippen LogP contribution in [0.5, 0.6) is 5.75 Å². The van der Waals surface area contributed by atoms with Crippen molar-refractivity contribution in [2.45, 2.75) is 32.0 Å². The number of ether oxygens (including phenoxy) is 1. The minimum absolute atomic E-state index is 0.207. The number of likely N-dealkylation sites (N-methyl/N-ethyl adjacent to an activating group) is 1. The summed E-state index contributed by atoms with van der Waals surface area (Å²) < 4.78 is 44.2. The van der Waals surface area contributed by atoms with Crippen LogP contribution in [0.15, 0.2) is 48.5 Å². The molecule has 0 aliphatic rings. The molecule has 2 aromatic carbocycles. The number of benzene rings is 2. The van der Waals surface area contributed by atoms with Gasteiger partial charge in [-0.05, 0) is 36.8 Å². The Labute approximate surface area is 198 Å². The van der Waals surface area contributed by atoms with E-state index in [1.807, 2.05) is 0 Å². The van der Waals surface area contributed by atoms with Crippen LogP contribution in [-0.2, 0) is 22.4 Å². The van der Waals surface area contributed by atoms with Crippen LogP contribution in [0.25, 0.3) is 10.6 Å². The zero-order chi connectivity index (χ0) is 25.0. The number of aryl methyl sites for hydroxylation is 1. The third-order valence-electron chi connectivity index (χ3n) is 5.12. The monoisotopic (exact) mass is 492 g/mol. The minimum atomic E-state index is -4.39. The van der Waals surface area contributed by atoms with Gasteiger partial charge in [-0.3, -0.25) is 9.59 Å². The Balaban J connectivity index is 1.69. The van der Waals surface area contributed by atoms with Crippen LogP contribution in [0.2, 0.25) is 0 Å². The highest BCUT2D eigenvalue weighted by molar-refractivity contribution is 7.15. The molecule has 1 unspecified atom stereocenters. The fourth-order valence-corrected chi connectivity index (χ4v) is 4.25. The molecule has 1 amide bonds. The largest absolute Gasteiger partial charge is 0.488 e.